The number of pyridine rings is 1. The molecule has 1 atom stereocenters. The van der Waals surface area contributed by atoms with Crippen molar-refractivity contribution in [2.24, 2.45) is 5.73 Å². The van der Waals surface area contributed by atoms with E-state index in [0.29, 0.717) is 18.9 Å². The van der Waals surface area contributed by atoms with E-state index < -0.39 is 5.82 Å². The number of aryl methyl sites for hydroxylation is 1. The molecule has 0 aliphatic rings. The first-order chi connectivity index (χ1) is 11.0. The summed E-state index contributed by atoms with van der Waals surface area (Å²) >= 11 is 2.90. The Kier molecular flexibility index (Phi) is 6.31. The molecule has 0 bridgehead atoms. The van der Waals surface area contributed by atoms with Crippen molar-refractivity contribution < 1.29 is 9.18 Å². The average molecular weight is 355 g/mol. The van der Waals surface area contributed by atoms with Crippen LogP contribution in [0.4, 0.5) is 15.3 Å². The highest BCUT2D eigenvalue weighted by Crippen LogP contribution is 2.32. The number of aromatic nitrogens is 2. The third-order valence-corrected chi connectivity index (χ3v) is 5.06. The van der Waals surface area contributed by atoms with Crippen LogP contribution >= 0.6 is 23.1 Å². The molecule has 0 aromatic carbocycles. The first-order valence-corrected chi connectivity index (χ1v) is 8.69. The minimum Gasteiger partial charge on any atom is -0.360 e. The van der Waals surface area contributed by atoms with Crippen LogP contribution in [0.5, 0.6) is 0 Å². The number of nitrogens with zero attached hydrogens (tertiary/aromatic N) is 2. The van der Waals surface area contributed by atoms with E-state index in [4.69, 9.17) is 5.73 Å². The number of halogens is 1. The summed E-state index contributed by atoms with van der Waals surface area (Å²) in [6.07, 6.45) is 1.06. The van der Waals surface area contributed by atoms with E-state index in [2.05, 4.69) is 20.6 Å². The lowest BCUT2D eigenvalue weighted by Crippen LogP contribution is -2.23. The number of anilines is 2. The predicted octanol–water partition coefficient (Wildman–Crippen LogP) is 2.48. The van der Waals surface area contributed by atoms with Gasteiger partial charge in [0.2, 0.25) is 5.91 Å². The third-order valence-electron chi connectivity index (χ3n) is 2.81. The van der Waals surface area contributed by atoms with E-state index in [9.17, 15) is 9.18 Å². The van der Waals surface area contributed by atoms with Gasteiger partial charge >= 0.3 is 0 Å². The second-order valence-electron chi connectivity index (χ2n) is 4.71. The highest BCUT2D eigenvalue weighted by atomic mass is 32.2. The van der Waals surface area contributed by atoms with Crippen molar-refractivity contribution in [1.82, 2.24) is 9.97 Å². The van der Waals surface area contributed by atoms with Crippen LogP contribution in [0.25, 0.3) is 0 Å². The van der Waals surface area contributed by atoms with Gasteiger partial charge in [0.25, 0.3) is 0 Å². The molecule has 2 heterocycles. The van der Waals surface area contributed by atoms with Crippen LogP contribution in [-0.4, -0.2) is 34.2 Å². The number of hydrogen-bond acceptors (Lipinski definition) is 7. The first-order valence-electron chi connectivity index (χ1n) is 7.00. The summed E-state index contributed by atoms with van der Waals surface area (Å²) in [6.45, 7) is 4.93. The molecule has 1 amide bonds. The normalized spacial score (nSPS) is 12.0. The fraction of sp³-hybridized carbons (Fsp3) is 0.357. The molecule has 0 aliphatic heterocycles. The minimum atomic E-state index is -0.443. The zero-order chi connectivity index (χ0) is 16.8. The molecule has 1 unspecified atom stereocenters. The van der Waals surface area contributed by atoms with Gasteiger partial charge in [-0.2, -0.15) is 0 Å². The van der Waals surface area contributed by atoms with Crippen LogP contribution in [0.15, 0.2) is 23.4 Å². The molecule has 124 valence electrons. The van der Waals surface area contributed by atoms with Gasteiger partial charge in [0.1, 0.15) is 16.7 Å². The van der Waals surface area contributed by atoms with E-state index in [1.165, 1.54) is 35.2 Å². The molecular weight excluding hydrogens is 337 g/mol. The molecule has 4 N–H and O–H groups in total. The van der Waals surface area contributed by atoms with Crippen molar-refractivity contribution in [3.8, 4) is 0 Å². The Morgan fingerprint density at radius 3 is 2.96 bits per heavy atom. The fourth-order valence-corrected chi connectivity index (χ4v) is 3.52. The van der Waals surface area contributed by atoms with Crippen molar-refractivity contribution in [2.75, 3.05) is 23.7 Å². The van der Waals surface area contributed by atoms with Gasteiger partial charge in [-0.3, -0.25) is 4.79 Å². The summed E-state index contributed by atoms with van der Waals surface area (Å²) in [7, 11) is 0. The number of thiazole rings is 1. The Balaban J connectivity index is 1.95. The van der Waals surface area contributed by atoms with Crippen LogP contribution in [-0.2, 0) is 4.79 Å². The van der Waals surface area contributed by atoms with Crippen LogP contribution in [0.1, 0.15) is 11.8 Å². The summed E-state index contributed by atoms with van der Waals surface area (Å²) < 4.78 is 12.8. The monoisotopic (exact) mass is 355 g/mol. The molecule has 0 saturated heterocycles. The third kappa shape index (κ3) is 5.15. The molecule has 6 nitrogen and oxygen atoms in total. The summed E-state index contributed by atoms with van der Waals surface area (Å²) in [5, 5.41) is 7.03. The molecular formula is C14H18FN5OS2. The fourth-order valence-electron chi connectivity index (χ4n) is 1.65. The number of carbonyl (C=O) groups is 1. The maximum atomic E-state index is 12.8. The number of nitrogens with one attached hydrogen (secondary N) is 2. The standard InChI is InChI=1S/C14H18FN5OS2/c1-8(12(21)19-11-4-3-10(15)7-18-11)22-13-9(2)23-14(20-13)17-6-5-16/h3-4,7-8H,5-6,16H2,1-2H3,(H,17,20)(H,18,19,21). The SMILES string of the molecule is Cc1sc(NCCN)nc1SC(C)C(=O)Nc1ccc(F)cn1. The number of nitrogens with two attached hydrogens (primary N) is 1. The van der Waals surface area contributed by atoms with E-state index in [1.54, 1.807) is 6.92 Å². The second kappa shape index (κ2) is 8.23. The topological polar surface area (TPSA) is 92.9 Å². The maximum absolute atomic E-state index is 12.8. The van der Waals surface area contributed by atoms with Gasteiger partial charge < -0.3 is 16.4 Å². The zero-order valence-corrected chi connectivity index (χ0v) is 14.4. The quantitative estimate of drug-likeness (QED) is 0.661. The van der Waals surface area contributed by atoms with Gasteiger partial charge in [-0.15, -0.1) is 11.3 Å². The molecule has 0 spiro atoms. The van der Waals surface area contributed by atoms with E-state index in [0.717, 1.165) is 21.2 Å². The van der Waals surface area contributed by atoms with Gasteiger partial charge in [-0.05, 0) is 26.0 Å². The van der Waals surface area contributed by atoms with Crippen LogP contribution in [0.2, 0.25) is 0 Å². The number of rotatable bonds is 7. The lowest BCUT2D eigenvalue weighted by atomic mass is 10.4. The molecule has 2 aromatic heterocycles. The number of carbonyl (C=O) groups excluding carboxylic acids is 1. The number of hydrogen-bond donors (Lipinski definition) is 3. The Morgan fingerprint density at radius 1 is 1.52 bits per heavy atom. The van der Waals surface area contributed by atoms with Crippen molar-refractivity contribution in [1.29, 1.82) is 0 Å². The lowest BCUT2D eigenvalue weighted by Gasteiger charge is -2.10. The van der Waals surface area contributed by atoms with E-state index in [-0.39, 0.29) is 11.2 Å². The van der Waals surface area contributed by atoms with Crippen molar-refractivity contribution >= 4 is 40.0 Å². The van der Waals surface area contributed by atoms with E-state index in [1.807, 2.05) is 6.92 Å². The van der Waals surface area contributed by atoms with Crippen molar-refractivity contribution in [2.45, 2.75) is 24.1 Å². The highest BCUT2D eigenvalue weighted by molar-refractivity contribution is 8.00. The molecule has 0 saturated carbocycles. The largest absolute Gasteiger partial charge is 0.360 e. The van der Waals surface area contributed by atoms with Crippen molar-refractivity contribution in [3.63, 3.8) is 0 Å². The number of thioether (sulfide) groups is 1. The van der Waals surface area contributed by atoms with Crippen LogP contribution in [0.3, 0.4) is 0 Å². The summed E-state index contributed by atoms with van der Waals surface area (Å²) in [6, 6.07) is 2.67. The molecule has 2 rings (SSSR count). The smallest absolute Gasteiger partial charge is 0.238 e. The van der Waals surface area contributed by atoms with Crippen molar-refractivity contribution in [3.05, 3.63) is 29.0 Å². The minimum absolute atomic E-state index is 0.210. The molecule has 0 radical (unpaired) electrons. The Hall–Kier alpha value is -1.71. The lowest BCUT2D eigenvalue weighted by molar-refractivity contribution is -0.115. The second-order valence-corrected chi connectivity index (χ2v) is 7.24. The predicted molar refractivity (Wildman–Crippen MR) is 92.5 cm³/mol. The Morgan fingerprint density at radius 2 is 2.30 bits per heavy atom. The van der Waals surface area contributed by atoms with Gasteiger partial charge in [-0.1, -0.05) is 11.8 Å². The van der Waals surface area contributed by atoms with Crippen LogP contribution in [0, 0.1) is 12.7 Å². The summed E-state index contributed by atoms with van der Waals surface area (Å²) in [5.74, 6) is -0.330. The van der Waals surface area contributed by atoms with Crippen LogP contribution < -0.4 is 16.4 Å². The molecule has 0 fully saturated rings. The summed E-state index contributed by atoms with van der Waals surface area (Å²) in [4.78, 5) is 21.5. The van der Waals surface area contributed by atoms with Gasteiger partial charge in [0.15, 0.2) is 5.13 Å². The number of amides is 1. The van der Waals surface area contributed by atoms with Gasteiger partial charge in [0.05, 0.1) is 11.4 Å². The Bertz CT molecular complexity index is 662. The van der Waals surface area contributed by atoms with Gasteiger partial charge in [0, 0.05) is 18.0 Å². The van der Waals surface area contributed by atoms with E-state index >= 15 is 0 Å². The average Bonchev–Trinajstić information content (AvgIpc) is 2.87. The van der Waals surface area contributed by atoms with Gasteiger partial charge in [-0.25, -0.2) is 14.4 Å². The highest BCUT2D eigenvalue weighted by Gasteiger charge is 2.18. The first kappa shape index (κ1) is 17.6. The molecule has 2 aromatic rings. The molecule has 23 heavy (non-hydrogen) atoms. The Labute approximate surface area is 142 Å². The maximum Gasteiger partial charge on any atom is 0.238 e. The zero-order valence-electron chi connectivity index (χ0n) is 12.8. The molecule has 0 aliphatic carbocycles. The molecule has 9 heteroatoms. The summed E-state index contributed by atoms with van der Waals surface area (Å²) in [5.41, 5.74) is 5.45.